The number of carbonyl (C=O) groups is 1. The minimum Gasteiger partial charge on any atom is -0.493 e. The third-order valence-electron chi connectivity index (χ3n) is 2.74. The van der Waals surface area contributed by atoms with Crippen LogP contribution in [0.4, 0.5) is 0 Å². The van der Waals surface area contributed by atoms with E-state index < -0.39 is 0 Å². The van der Waals surface area contributed by atoms with Crippen molar-refractivity contribution in [1.29, 1.82) is 0 Å². The van der Waals surface area contributed by atoms with Crippen molar-refractivity contribution in [2.45, 2.75) is 13.3 Å². The number of rotatable bonds is 3. The van der Waals surface area contributed by atoms with Crippen LogP contribution in [0.25, 0.3) is 5.57 Å². The first-order chi connectivity index (χ1) is 8.76. The highest BCUT2D eigenvalue weighted by Crippen LogP contribution is 2.39. The molecule has 1 aliphatic heterocycles. The van der Waals surface area contributed by atoms with Crippen LogP contribution >= 0.6 is 0 Å². The zero-order chi connectivity index (χ0) is 13.0. The van der Waals surface area contributed by atoms with Gasteiger partial charge in [-0.1, -0.05) is 12.1 Å². The molecule has 0 radical (unpaired) electrons. The van der Waals surface area contributed by atoms with Crippen molar-refractivity contribution < 1.29 is 19.0 Å². The molecule has 96 valence electrons. The van der Waals surface area contributed by atoms with Crippen LogP contribution in [-0.2, 0) is 9.53 Å². The fourth-order valence-electron chi connectivity index (χ4n) is 1.95. The molecule has 4 heteroatoms. The summed E-state index contributed by atoms with van der Waals surface area (Å²) in [5.74, 6) is 1.06. The van der Waals surface area contributed by atoms with E-state index in [1.165, 1.54) is 6.08 Å². The Kier molecular flexibility index (Phi) is 3.87. The number of ether oxygens (including phenoxy) is 3. The molecule has 0 bridgehead atoms. The maximum Gasteiger partial charge on any atom is 0.331 e. The van der Waals surface area contributed by atoms with E-state index in [1.807, 2.05) is 18.2 Å². The summed E-state index contributed by atoms with van der Waals surface area (Å²) < 4.78 is 15.8. The van der Waals surface area contributed by atoms with Gasteiger partial charge in [0.1, 0.15) is 0 Å². The molecule has 4 nitrogen and oxygen atoms in total. The van der Waals surface area contributed by atoms with Gasteiger partial charge in [0.2, 0.25) is 0 Å². The van der Waals surface area contributed by atoms with Gasteiger partial charge >= 0.3 is 5.97 Å². The highest BCUT2D eigenvalue weighted by molar-refractivity contribution is 5.93. The Balaban J connectivity index is 2.36. The third kappa shape index (κ3) is 2.47. The van der Waals surface area contributed by atoms with Crippen molar-refractivity contribution in [2.75, 3.05) is 20.3 Å². The van der Waals surface area contributed by atoms with E-state index in [-0.39, 0.29) is 5.97 Å². The first-order valence-corrected chi connectivity index (χ1v) is 5.93. The number of fused-ring (bicyclic) bond motifs is 1. The largest absolute Gasteiger partial charge is 0.493 e. The molecule has 18 heavy (non-hydrogen) atoms. The van der Waals surface area contributed by atoms with Gasteiger partial charge in [-0.05, 0) is 18.6 Å². The molecule has 2 rings (SSSR count). The maximum atomic E-state index is 11.5. The van der Waals surface area contributed by atoms with Crippen molar-refractivity contribution in [2.24, 2.45) is 0 Å². The Morgan fingerprint density at radius 2 is 2.33 bits per heavy atom. The van der Waals surface area contributed by atoms with Crippen LogP contribution < -0.4 is 9.47 Å². The van der Waals surface area contributed by atoms with Gasteiger partial charge in [0, 0.05) is 18.1 Å². The van der Waals surface area contributed by atoms with Crippen molar-refractivity contribution in [3.63, 3.8) is 0 Å². The molecular weight excluding hydrogens is 232 g/mol. The van der Waals surface area contributed by atoms with E-state index in [0.29, 0.717) is 31.1 Å². The van der Waals surface area contributed by atoms with Crippen molar-refractivity contribution in [1.82, 2.24) is 0 Å². The van der Waals surface area contributed by atoms with Gasteiger partial charge in [-0.15, -0.1) is 0 Å². The lowest BCUT2D eigenvalue weighted by molar-refractivity contribution is -0.137. The van der Waals surface area contributed by atoms with Crippen LogP contribution in [0.2, 0.25) is 0 Å². The number of carbonyl (C=O) groups excluding carboxylic acids is 1. The Labute approximate surface area is 106 Å². The maximum absolute atomic E-state index is 11.5. The molecule has 0 saturated heterocycles. The van der Waals surface area contributed by atoms with E-state index in [9.17, 15) is 4.79 Å². The van der Waals surface area contributed by atoms with Crippen molar-refractivity contribution >= 4 is 11.5 Å². The van der Waals surface area contributed by atoms with Crippen molar-refractivity contribution in [3.8, 4) is 11.5 Å². The second kappa shape index (κ2) is 5.58. The highest BCUT2D eigenvalue weighted by Gasteiger charge is 2.19. The predicted octanol–water partition coefficient (Wildman–Crippen LogP) is 2.42. The Morgan fingerprint density at radius 3 is 3.06 bits per heavy atom. The molecule has 0 aromatic heterocycles. The van der Waals surface area contributed by atoms with Gasteiger partial charge in [0.05, 0.1) is 20.3 Å². The van der Waals surface area contributed by atoms with Crippen LogP contribution in [0.3, 0.4) is 0 Å². The van der Waals surface area contributed by atoms with Gasteiger partial charge in [-0.25, -0.2) is 4.79 Å². The number of para-hydroxylation sites is 1. The van der Waals surface area contributed by atoms with Gasteiger partial charge in [-0.2, -0.15) is 0 Å². The minimum atomic E-state index is -0.317. The molecule has 0 amide bonds. The average molecular weight is 248 g/mol. The summed E-state index contributed by atoms with van der Waals surface area (Å²) in [5, 5.41) is 0. The highest BCUT2D eigenvalue weighted by atomic mass is 16.5. The molecule has 1 heterocycles. The number of hydrogen-bond acceptors (Lipinski definition) is 4. The summed E-state index contributed by atoms with van der Waals surface area (Å²) >= 11 is 0. The smallest absolute Gasteiger partial charge is 0.331 e. The lowest BCUT2D eigenvalue weighted by atomic mass is 9.99. The molecule has 0 unspecified atom stereocenters. The zero-order valence-corrected chi connectivity index (χ0v) is 10.6. The lowest BCUT2D eigenvalue weighted by Gasteiger charge is -2.21. The normalized spacial score (nSPS) is 15.8. The van der Waals surface area contributed by atoms with Gasteiger partial charge < -0.3 is 14.2 Å². The first-order valence-electron chi connectivity index (χ1n) is 5.93. The van der Waals surface area contributed by atoms with E-state index in [1.54, 1.807) is 14.0 Å². The molecule has 1 aromatic rings. The second-order valence-electron chi connectivity index (χ2n) is 3.86. The van der Waals surface area contributed by atoms with Crippen LogP contribution in [0.1, 0.15) is 18.9 Å². The van der Waals surface area contributed by atoms with Crippen LogP contribution in [0.15, 0.2) is 24.3 Å². The van der Waals surface area contributed by atoms with Crippen LogP contribution in [0.5, 0.6) is 11.5 Å². The standard InChI is InChI=1S/C14H16O4/c1-3-17-13(15)9-10-7-8-18-14-11(10)5-4-6-12(14)16-2/h4-6,9H,3,7-8H2,1-2H3/b10-9+. The summed E-state index contributed by atoms with van der Waals surface area (Å²) in [7, 11) is 1.60. The second-order valence-corrected chi connectivity index (χ2v) is 3.86. The molecule has 1 aliphatic rings. The molecule has 0 fully saturated rings. The third-order valence-corrected chi connectivity index (χ3v) is 2.74. The number of benzene rings is 1. The molecule has 0 atom stereocenters. The van der Waals surface area contributed by atoms with E-state index >= 15 is 0 Å². The van der Waals surface area contributed by atoms with Gasteiger partial charge in [0.25, 0.3) is 0 Å². The average Bonchev–Trinajstić information content (AvgIpc) is 2.38. The Morgan fingerprint density at radius 1 is 1.50 bits per heavy atom. The van der Waals surface area contributed by atoms with E-state index in [0.717, 1.165) is 11.1 Å². The summed E-state index contributed by atoms with van der Waals surface area (Å²) in [6, 6.07) is 5.64. The van der Waals surface area contributed by atoms with Gasteiger partial charge in [-0.3, -0.25) is 0 Å². The summed E-state index contributed by atoms with van der Waals surface area (Å²) in [6.45, 7) is 2.71. The van der Waals surface area contributed by atoms with Crippen LogP contribution in [-0.4, -0.2) is 26.3 Å². The van der Waals surface area contributed by atoms with E-state index in [2.05, 4.69) is 0 Å². The molecule has 0 saturated carbocycles. The molecular formula is C14H16O4. The first kappa shape index (κ1) is 12.5. The Bertz CT molecular complexity index is 477. The van der Waals surface area contributed by atoms with Crippen LogP contribution in [0, 0.1) is 0 Å². The zero-order valence-electron chi connectivity index (χ0n) is 10.6. The van der Waals surface area contributed by atoms with E-state index in [4.69, 9.17) is 14.2 Å². The summed E-state index contributed by atoms with van der Waals surface area (Å²) in [4.78, 5) is 11.5. The van der Waals surface area contributed by atoms with Gasteiger partial charge in [0.15, 0.2) is 11.5 Å². The monoisotopic (exact) mass is 248 g/mol. The fourth-order valence-corrected chi connectivity index (χ4v) is 1.95. The number of methoxy groups -OCH3 is 1. The lowest BCUT2D eigenvalue weighted by Crippen LogP contribution is -2.10. The number of esters is 1. The SMILES string of the molecule is CCOC(=O)/C=C1\CCOc2c(OC)cccc21. The fraction of sp³-hybridized carbons (Fsp3) is 0.357. The topological polar surface area (TPSA) is 44.8 Å². The molecule has 0 spiro atoms. The quantitative estimate of drug-likeness (QED) is 0.608. The number of hydrogen-bond donors (Lipinski definition) is 0. The summed E-state index contributed by atoms with van der Waals surface area (Å²) in [6.07, 6.45) is 2.23. The molecule has 1 aromatic carbocycles. The van der Waals surface area contributed by atoms with Crippen molar-refractivity contribution in [3.05, 3.63) is 29.8 Å². The minimum absolute atomic E-state index is 0.317. The predicted molar refractivity (Wildman–Crippen MR) is 67.7 cm³/mol. The Hall–Kier alpha value is -1.97. The molecule has 0 aliphatic carbocycles. The molecule has 0 N–H and O–H groups in total. The summed E-state index contributed by atoms with van der Waals surface area (Å²) in [5.41, 5.74) is 1.82.